The number of nitrogens with one attached hydrogen (secondary N) is 2. The molecule has 1 aromatic heterocycles. The maximum Gasteiger partial charge on any atom is 0.280 e. The van der Waals surface area contributed by atoms with Crippen molar-refractivity contribution in [2.45, 2.75) is 32.4 Å². The first-order chi connectivity index (χ1) is 10.6. The van der Waals surface area contributed by atoms with Gasteiger partial charge in [-0.15, -0.1) is 0 Å². The number of amides is 1. The van der Waals surface area contributed by atoms with Crippen molar-refractivity contribution in [1.29, 1.82) is 0 Å². The van der Waals surface area contributed by atoms with Crippen LogP contribution in [-0.2, 0) is 11.3 Å². The first kappa shape index (κ1) is 14.7. The summed E-state index contributed by atoms with van der Waals surface area (Å²) in [5.74, 6) is 0.778. The van der Waals surface area contributed by atoms with Crippen LogP contribution in [0.1, 0.15) is 24.2 Å². The molecule has 0 spiro atoms. The van der Waals surface area contributed by atoms with Gasteiger partial charge >= 0.3 is 0 Å². The van der Waals surface area contributed by atoms with Gasteiger partial charge in [0.25, 0.3) is 5.91 Å². The molecule has 1 aliphatic carbocycles. The van der Waals surface area contributed by atoms with Crippen molar-refractivity contribution >= 4 is 11.7 Å². The number of quaternary nitrogens is 1. The van der Waals surface area contributed by atoms with Crippen LogP contribution < -0.4 is 10.2 Å². The van der Waals surface area contributed by atoms with E-state index in [1.54, 1.807) is 25.1 Å². The summed E-state index contributed by atoms with van der Waals surface area (Å²) in [6.45, 7) is 2.86. The highest BCUT2D eigenvalue weighted by Gasteiger charge is 2.34. The molecule has 0 aliphatic heterocycles. The summed E-state index contributed by atoms with van der Waals surface area (Å²) in [6.07, 6.45) is 2.26. The number of carbonyl (C=O) groups is 1. The van der Waals surface area contributed by atoms with E-state index in [9.17, 15) is 9.18 Å². The van der Waals surface area contributed by atoms with Gasteiger partial charge in [-0.05, 0) is 19.1 Å². The lowest BCUT2D eigenvalue weighted by Crippen LogP contribution is -3.13. The van der Waals surface area contributed by atoms with Crippen molar-refractivity contribution in [2.24, 2.45) is 0 Å². The van der Waals surface area contributed by atoms with Gasteiger partial charge in [-0.3, -0.25) is 4.79 Å². The minimum absolute atomic E-state index is 0.0858. The molecule has 1 aliphatic rings. The van der Waals surface area contributed by atoms with Gasteiger partial charge in [0.2, 0.25) is 0 Å². The Bertz CT molecular complexity index is 650. The number of halogens is 1. The standard InChI is InChI=1S/C16H18FN3O2/c1-11-8-15(19-22-11)18-16(21)10-20(14-6-7-14)9-12-2-4-13(17)5-3-12/h2-5,8,14H,6-7,9-10H2,1H3,(H,18,19,21)/p+1. The number of aryl methyl sites for hydroxylation is 1. The number of rotatable bonds is 6. The average Bonchev–Trinajstić information content (AvgIpc) is 3.25. The van der Waals surface area contributed by atoms with E-state index in [1.165, 1.54) is 17.0 Å². The van der Waals surface area contributed by atoms with Gasteiger partial charge in [-0.25, -0.2) is 4.39 Å². The topological polar surface area (TPSA) is 59.6 Å². The van der Waals surface area contributed by atoms with Crippen LogP contribution in [-0.4, -0.2) is 23.7 Å². The molecule has 2 N–H and O–H groups in total. The van der Waals surface area contributed by atoms with E-state index in [4.69, 9.17) is 4.52 Å². The Morgan fingerprint density at radius 3 is 2.73 bits per heavy atom. The summed E-state index contributed by atoms with van der Waals surface area (Å²) >= 11 is 0. The summed E-state index contributed by atoms with van der Waals surface area (Å²) in [6, 6.07) is 8.66. The van der Waals surface area contributed by atoms with Crippen molar-refractivity contribution in [1.82, 2.24) is 5.16 Å². The van der Waals surface area contributed by atoms with E-state index in [1.807, 2.05) is 0 Å². The van der Waals surface area contributed by atoms with E-state index < -0.39 is 0 Å². The van der Waals surface area contributed by atoms with Crippen LogP contribution in [0, 0.1) is 12.7 Å². The lowest BCUT2D eigenvalue weighted by molar-refractivity contribution is -0.916. The lowest BCUT2D eigenvalue weighted by Gasteiger charge is -2.18. The Morgan fingerprint density at radius 2 is 2.14 bits per heavy atom. The van der Waals surface area contributed by atoms with Gasteiger partial charge in [0, 0.05) is 24.5 Å². The Morgan fingerprint density at radius 1 is 1.41 bits per heavy atom. The van der Waals surface area contributed by atoms with Crippen molar-refractivity contribution < 1.29 is 18.6 Å². The predicted molar refractivity (Wildman–Crippen MR) is 78.8 cm³/mol. The number of anilines is 1. The molecule has 1 saturated carbocycles. The molecule has 0 bridgehead atoms. The average molecular weight is 304 g/mol. The summed E-state index contributed by atoms with van der Waals surface area (Å²) in [7, 11) is 0. The highest BCUT2D eigenvalue weighted by Crippen LogP contribution is 2.16. The molecule has 1 atom stereocenters. The summed E-state index contributed by atoms with van der Waals surface area (Å²) < 4.78 is 17.9. The van der Waals surface area contributed by atoms with Crippen molar-refractivity contribution in [3.8, 4) is 0 Å². The monoisotopic (exact) mass is 304 g/mol. The number of hydrogen-bond acceptors (Lipinski definition) is 3. The first-order valence-corrected chi connectivity index (χ1v) is 7.42. The number of nitrogens with zero attached hydrogens (tertiary/aromatic N) is 1. The second kappa shape index (κ2) is 6.27. The van der Waals surface area contributed by atoms with Gasteiger partial charge in [-0.1, -0.05) is 17.3 Å². The molecule has 0 saturated heterocycles. The molecule has 116 valence electrons. The van der Waals surface area contributed by atoms with Crippen molar-refractivity contribution in [2.75, 3.05) is 11.9 Å². The Labute approximate surface area is 128 Å². The third-order valence-corrected chi connectivity index (χ3v) is 3.78. The lowest BCUT2D eigenvalue weighted by atomic mass is 10.2. The second-order valence-corrected chi connectivity index (χ2v) is 5.78. The third-order valence-electron chi connectivity index (χ3n) is 3.78. The quantitative estimate of drug-likeness (QED) is 0.846. The predicted octanol–water partition coefficient (Wildman–Crippen LogP) is 1.31. The van der Waals surface area contributed by atoms with E-state index in [-0.39, 0.29) is 11.7 Å². The van der Waals surface area contributed by atoms with Crippen molar-refractivity contribution in [3.63, 3.8) is 0 Å². The molecule has 5 nitrogen and oxygen atoms in total. The fourth-order valence-corrected chi connectivity index (χ4v) is 2.53. The van der Waals surface area contributed by atoms with E-state index in [2.05, 4.69) is 10.5 Å². The number of benzene rings is 1. The van der Waals surface area contributed by atoms with Crippen LogP contribution in [0.4, 0.5) is 10.2 Å². The van der Waals surface area contributed by atoms with Gasteiger partial charge in [0.05, 0.1) is 6.04 Å². The molecule has 1 heterocycles. The number of hydrogen-bond donors (Lipinski definition) is 2. The normalized spacial score (nSPS) is 15.5. The molecule has 6 heteroatoms. The fraction of sp³-hybridized carbons (Fsp3) is 0.375. The van der Waals surface area contributed by atoms with Crippen LogP contribution in [0.5, 0.6) is 0 Å². The zero-order valence-corrected chi connectivity index (χ0v) is 12.4. The zero-order valence-electron chi connectivity index (χ0n) is 12.4. The molecular formula is C16H19FN3O2+. The Kier molecular flexibility index (Phi) is 4.20. The SMILES string of the molecule is Cc1cc(NC(=O)C[NH+](Cc2ccc(F)cc2)C2CC2)no1. The Balaban J connectivity index is 1.59. The zero-order chi connectivity index (χ0) is 15.5. The molecule has 1 unspecified atom stereocenters. The molecule has 1 aromatic carbocycles. The van der Waals surface area contributed by atoms with Crippen LogP contribution in [0.25, 0.3) is 0 Å². The molecule has 1 amide bonds. The summed E-state index contributed by atoms with van der Waals surface area (Å²) in [5, 5.41) is 6.51. The maximum atomic E-state index is 13.0. The molecule has 0 radical (unpaired) electrons. The van der Waals surface area contributed by atoms with E-state index in [0.717, 1.165) is 24.9 Å². The molecule has 3 rings (SSSR count). The molecule has 2 aromatic rings. The van der Waals surface area contributed by atoms with Gasteiger partial charge in [-0.2, -0.15) is 0 Å². The van der Waals surface area contributed by atoms with Crippen molar-refractivity contribution in [3.05, 3.63) is 47.5 Å². The summed E-state index contributed by atoms with van der Waals surface area (Å²) in [4.78, 5) is 13.3. The van der Waals surface area contributed by atoms with Crippen LogP contribution in [0.2, 0.25) is 0 Å². The number of carbonyl (C=O) groups excluding carboxylic acids is 1. The minimum Gasteiger partial charge on any atom is -0.360 e. The number of aromatic nitrogens is 1. The van der Waals surface area contributed by atoms with Crippen LogP contribution in [0.3, 0.4) is 0 Å². The van der Waals surface area contributed by atoms with E-state index >= 15 is 0 Å². The van der Waals surface area contributed by atoms with Gasteiger partial charge in [0.1, 0.15) is 18.1 Å². The van der Waals surface area contributed by atoms with Crippen LogP contribution in [0.15, 0.2) is 34.9 Å². The van der Waals surface area contributed by atoms with Gasteiger partial charge in [0.15, 0.2) is 12.4 Å². The largest absolute Gasteiger partial charge is 0.360 e. The smallest absolute Gasteiger partial charge is 0.280 e. The van der Waals surface area contributed by atoms with E-state index in [0.29, 0.717) is 24.2 Å². The highest BCUT2D eigenvalue weighted by atomic mass is 19.1. The maximum absolute atomic E-state index is 13.0. The second-order valence-electron chi connectivity index (χ2n) is 5.78. The molecule has 1 fully saturated rings. The Hall–Kier alpha value is -2.21. The first-order valence-electron chi connectivity index (χ1n) is 7.42. The summed E-state index contributed by atoms with van der Waals surface area (Å²) in [5.41, 5.74) is 1.04. The highest BCUT2D eigenvalue weighted by molar-refractivity contribution is 5.90. The van der Waals surface area contributed by atoms with Crippen LogP contribution >= 0.6 is 0 Å². The minimum atomic E-state index is -0.240. The van der Waals surface area contributed by atoms with Gasteiger partial charge < -0.3 is 14.7 Å². The molecule has 22 heavy (non-hydrogen) atoms. The third kappa shape index (κ3) is 3.92. The molecular weight excluding hydrogens is 285 g/mol. The fourth-order valence-electron chi connectivity index (χ4n) is 2.53.